The van der Waals surface area contributed by atoms with Crippen molar-refractivity contribution in [1.82, 2.24) is 0 Å². The molecule has 3 atom stereocenters. The fraction of sp³-hybridized carbons (Fsp3) is 0.909. The van der Waals surface area contributed by atoms with E-state index in [2.05, 4.69) is 25.9 Å². The second-order valence-electron chi connectivity index (χ2n) is 4.86. The molecule has 80 valence electrons. The lowest BCUT2D eigenvalue weighted by Gasteiger charge is -2.34. The van der Waals surface area contributed by atoms with E-state index in [9.17, 15) is 9.70 Å². The Morgan fingerprint density at radius 3 is 2.50 bits per heavy atom. The third-order valence-electron chi connectivity index (χ3n) is 3.43. The van der Waals surface area contributed by atoms with E-state index < -0.39 is 5.91 Å². The van der Waals surface area contributed by atoms with E-state index in [0.29, 0.717) is 17.8 Å². The van der Waals surface area contributed by atoms with Crippen LogP contribution in [0.4, 0.5) is 0 Å². The van der Waals surface area contributed by atoms with E-state index in [1.165, 1.54) is 6.42 Å². The lowest BCUT2D eigenvalue weighted by Crippen LogP contribution is -2.32. The van der Waals surface area contributed by atoms with Crippen LogP contribution >= 0.6 is 0 Å². The van der Waals surface area contributed by atoms with E-state index in [-0.39, 0.29) is 5.92 Å². The highest BCUT2D eigenvalue weighted by atomic mass is 16.3. The SMILES string of the molecule is CC1CCC(C(C)C)C(C(=O)N=O)C1. The van der Waals surface area contributed by atoms with Crippen LogP contribution in [0.15, 0.2) is 5.18 Å². The van der Waals surface area contributed by atoms with E-state index in [1.54, 1.807) is 0 Å². The van der Waals surface area contributed by atoms with Crippen LogP contribution in [0.2, 0.25) is 0 Å². The number of amides is 1. The number of hydrogen-bond acceptors (Lipinski definition) is 2. The van der Waals surface area contributed by atoms with Crippen LogP contribution in [-0.4, -0.2) is 5.91 Å². The number of nitroso groups, excluding NO2 is 1. The number of rotatable bonds is 2. The van der Waals surface area contributed by atoms with Gasteiger partial charge in [-0.2, -0.15) is 0 Å². The molecule has 0 saturated heterocycles. The summed E-state index contributed by atoms with van der Waals surface area (Å²) in [5, 5.41) is 2.59. The summed E-state index contributed by atoms with van der Waals surface area (Å²) in [5.74, 6) is 0.835. The molecule has 3 unspecified atom stereocenters. The number of carbonyl (C=O) groups excluding carboxylic acids is 1. The zero-order valence-electron chi connectivity index (χ0n) is 9.19. The first-order valence-corrected chi connectivity index (χ1v) is 5.43. The van der Waals surface area contributed by atoms with Crippen molar-refractivity contribution in [1.29, 1.82) is 0 Å². The molecule has 0 aromatic rings. The zero-order chi connectivity index (χ0) is 10.7. The molecule has 3 heteroatoms. The smallest absolute Gasteiger partial charge is 0.269 e. The normalized spacial score (nSPS) is 33.0. The number of carbonyl (C=O) groups is 1. The number of nitrogens with zero attached hydrogens (tertiary/aromatic N) is 1. The summed E-state index contributed by atoms with van der Waals surface area (Å²) >= 11 is 0. The van der Waals surface area contributed by atoms with Gasteiger partial charge in [0.15, 0.2) is 0 Å². The maximum atomic E-state index is 11.3. The maximum Gasteiger partial charge on any atom is 0.289 e. The van der Waals surface area contributed by atoms with Crippen LogP contribution in [-0.2, 0) is 4.79 Å². The Morgan fingerprint density at radius 1 is 1.36 bits per heavy atom. The third-order valence-corrected chi connectivity index (χ3v) is 3.43. The van der Waals surface area contributed by atoms with Crippen molar-refractivity contribution in [3.05, 3.63) is 4.91 Å². The molecular weight excluding hydrogens is 178 g/mol. The Kier molecular flexibility index (Phi) is 3.78. The molecule has 0 heterocycles. The molecule has 1 saturated carbocycles. The lowest BCUT2D eigenvalue weighted by molar-refractivity contribution is -0.125. The van der Waals surface area contributed by atoms with Crippen LogP contribution < -0.4 is 0 Å². The van der Waals surface area contributed by atoms with Crippen molar-refractivity contribution in [2.75, 3.05) is 0 Å². The van der Waals surface area contributed by atoms with Crippen molar-refractivity contribution < 1.29 is 4.79 Å². The minimum Gasteiger partial charge on any atom is -0.269 e. The summed E-state index contributed by atoms with van der Waals surface area (Å²) in [7, 11) is 0. The molecule has 0 bridgehead atoms. The van der Waals surface area contributed by atoms with Gasteiger partial charge in [-0.3, -0.25) is 4.79 Å². The molecule has 3 nitrogen and oxygen atoms in total. The van der Waals surface area contributed by atoms with Crippen molar-refractivity contribution >= 4 is 5.91 Å². The van der Waals surface area contributed by atoms with Crippen molar-refractivity contribution in [2.24, 2.45) is 28.8 Å². The quantitative estimate of drug-likeness (QED) is 0.639. The summed E-state index contributed by atoms with van der Waals surface area (Å²) in [6.07, 6.45) is 3.07. The molecule has 0 aromatic carbocycles. The van der Waals surface area contributed by atoms with Gasteiger partial charge in [-0.25, -0.2) is 0 Å². The summed E-state index contributed by atoms with van der Waals surface area (Å²) in [5.41, 5.74) is 0. The Labute approximate surface area is 85.2 Å². The molecule has 0 aromatic heterocycles. The molecule has 1 fully saturated rings. The molecule has 1 aliphatic rings. The topological polar surface area (TPSA) is 46.5 Å². The standard InChI is InChI=1S/C11H19NO2/c1-7(2)9-5-4-8(3)6-10(9)11(13)12-14/h7-10H,4-6H2,1-3H3. The molecule has 0 radical (unpaired) electrons. The summed E-state index contributed by atoms with van der Waals surface area (Å²) in [6, 6.07) is 0. The van der Waals surface area contributed by atoms with Gasteiger partial charge in [0, 0.05) is 11.1 Å². The number of hydrogen-bond donors (Lipinski definition) is 0. The highest BCUT2D eigenvalue weighted by molar-refractivity contribution is 5.79. The second kappa shape index (κ2) is 4.67. The van der Waals surface area contributed by atoms with Crippen molar-refractivity contribution in [3.63, 3.8) is 0 Å². The predicted octanol–water partition coefficient (Wildman–Crippen LogP) is 2.99. The minimum absolute atomic E-state index is 0.115. The molecule has 14 heavy (non-hydrogen) atoms. The molecule has 1 aliphatic carbocycles. The van der Waals surface area contributed by atoms with Gasteiger partial charge in [-0.1, -0.05) is 27.2 Å². The van der Waals surface area contributed by atoms with Crippen molar-refractivity contribution in [3.8, 4) is 0 Å². The second-order valence-corrected chi connectivity index (χ2v) is 4.86. The summed E-state index contributed by atoms with van der Waals surface area (Å²) in [4.78, 5) is 21.6. The van der Waals surface area contributed by atoms with Crippen LogP contribution in [0.1, 0.15) is 40.0 Å². The zero-order valence-corrected chi connectivity index (χ0v) is 9.19. The van der Waals surface area contributed by atoms with Gasteiger partial charge in [0.1, 0.15) is 0 Å². The average molecular weight is 197 g/mol. The van der Waals surface area contributed by atoms with Gasteiger partial charge < -0.3 is 0 Å². The highest BCUT2D eigenvalue weighted by Gasteiger charge is 2.35. The monoisotopic (exact) mass is 197 g/mol. The van der Waals surface area contributed by atoms with Gasteiger partial charge >= 0.3 is 0 Å². The first-order chi connectivity index (χ1) is 6.56. The van der Waals surface area contributed by atoms with Crippen LogP contribution in [0.25, 0.3) is 0 Å². The molecule has 0 aliphatic heterocycles. The third kappa shape index (κ3) is 2.40. The molecule has 0 N–H and O–H groups in total. The molecule has 1 amide bonds. The van der Waals surface area contributed by atoms with E-state index >= 15 is 0 Å². The van der Waals surface area contributed by atoms with E-state index in [4.69, 9.17) is 0 Å². The van der Waals surface area contributed by atoms with Crippen molar-refractivity contribution in [2.45, 2.75) is 40.0 Å². The van der Waals surface area contributed by atoms with Gasteiger partial charge in [0.25, 0.3) is 5.91 Å². The van der Waals surface area contributed by atoms with E-state index in [1.807, 2.05) is 0 Å². The molecule has 0 spiro atoms. The van der Waals surface area contributed by atoms with Crippen LogP contribution in [0.5, 0.6) is 0 Å². The highest BCUT2D eigenvalue weighted by Crippen LogP contribution is 2.38. The fourth-order valence-corrected chi connectivity index (χ4v) is 2.55. The van der Waals surface area contributed by atoms with E-state index in [0.717, 1.165) is 12.8 Å². The predicted molar refractivity (Wildman–Crippen MR) is 55.6 cm³/mol. The van der Waals surface area contributed by atoms with Gasteiger partial charge in [0.05, 0.1) is 0 Å². The molecule has 1 rings (SSSR count). The first kappa shape index (κ1) is 11.3. The Bertz CT molecular complexity index is 225. The van der Waals surface area contributed by atoms with Gasteiger partial charge in [0.2, 0.25) is 0 Å². The van der Waals surface area contributed by atoms with Gasteiger partial charge in [-0.05, 0) is 30.6 Å². The largest absolute Gasteiger partial charge is 0.289 e. The van der Waals surface area contributed by atoms with Crippen LogP contribution in [0.3, 0.4) is 0 Å². The van der Waals surface area contributed by atoms with Gasteiger partial charge in [-0.15, -0.1) is 4.91 Å². The Balaban J connectivity index is 2.73. The Morgan fingerprint density at radius 2 is 2.00 bits per heavy atom. The minimum atomic E-state index is -0.435. The summed E-state index contributed by atoms with van der Waals surface area (Å²) < 4.78 is 0. The van der Waals surface area contributed by atoms with Crippen LogP contribution in [0, 0.1) is 28.6 Å². The summed E-state index contributed by atoms with van der Waals surface area (Å²) in [6.45, 7) is 6.37. The molecular formula is C11H19NO2. The maximum absolute atomic E-state index is 11.3. The lowest BCUT2D eigenvalue weighted by atomic mass is 9.70. The fourth-order valence-electron chi connectivity index (χ4n) is 2.55. The first-order valence-electron chi connectivity index (χ1n) is 5.43. The Hall–Kier alpha value is -0.730. The average Bonchev–Trinajstić information content (AvgIpc) is 2.16.